The number of anilines is 1. The topological polar surface area (TPSA) is 85.4 Å². The summed E-state index contributed by atoms with van der Waals surface area (Å²) >= 11 is 0. The van der Waals surface area contributed by atoms with Crippen LogP contribution in [0.4, 0.5) is 5.82 Å². The number of carbonyl (C=O) groups is 1. The summed E-state index contributed by atoms with van der Waals surface area (Å²) < 4.78 is 10.4. The molecule has 0 aliphatic heterocycles. The lowest BCUT2D eigenvalue weighted by molar-refractivity contribution is 0.0945. The van der Waals surface area contributed by atoms with Gasteiger partial charge in [0.15, 0.2) is 0 Å². The van der Waals surface area contributed by atoms with Crippen LogP contribution in [-0.2, 0) is 13.0 Å². The maximum absolute atomic E-state index is 12.3. The highest BCUT2D eigenvalue weighted by molar-refractivity contribution is 5.92. The fraction of sp³-hybridized carbons (Fsp3) is 0.227. The molecule has 7 nitrogen and oxygen atoms in total. The lowest BCUT2D eigenvalue weighted by atomic mass is 10.1. The molecule has 1 aromatic heterocycles. The van der Waals surface area contributed by atoms with Crippen molar-refractivity contribution in [3.63, 3.8) is 0 Å². The largest absolute Gasteiger partial charge is 0.497 e. The zero-order chi connectivity index (χ0) is 20.5. The van der Waals surface area contributed by atoms with E-state index in [-0.39, 0.29) is 11.6 Å². The number of rotatable bonds is 9. The minimum Gasteiger partial charge on any atom is -0.497 e. The van der Waals surface area contributed by atoms with Gasteiger partial charge in [0.1, 0.15) is 23.0 Å². The van der Waals surface area contributed by atoms with Crippen molar-refractivity contribution in [3.05, 3.63) is 77.7 Å². The second-order valence-electron chi connectivity index (χ2n) is 6.31. The number of carbonyl (C=O) groups excluding carboxylic acids is 1. The zero-order valence-electron chi connectivity index (χ0n) is 16.5. The molecule has 0 bridgehead atoms. The molecule has 3 rings (SSSR count). The maximum atomic E-state index is 12.3. The molecule has 0 saturated carbocycles. The molecular weight excluding hydrogens is 368 g/mol. The minimum absolute atomic E-state index is 0.264. The molecule has 0 saturated heterocycles. The Morgan fingerprint density at radius 2 is 1.76 bits per heavy atom. The number of methoxy groups -OCH3 is 2. The van der Waals surface area contributed by atoms with E-state index in [4.69, 9.17) is 9.47 Å². The van der Waals surface area contributed by atoms with E-state index in [1.165, 1.54) is 11.8 Å². The first kappa shape index (κ1) is 20.1. The Balaban J connectivity index is 1.48. The van der Waals surface area contributed by atoms with Crippen LogP contribution in [0.1, 0.15) is 21.6 Å². The lowest BCUT2D eigenvalue weighted by Gasteiger charge is -2.09. The molecule has 0 spiro atoms. The number of benzene rings is 2. The summed E-state index contributed by atoms with van der Waals surface area (Å²) in [7, 11) is 3.25. The molecule has 2 aromatic carbocycles. The Hall–Kier alpha value is -3.61. The van der Waals surface area contributed by atoms with Crippen molar-refractivity contribution in [1.82, 2.24) is 15.3 Å². The average molecular weight is 392 g/mol. The van der Waals surface area contributed by atoms with Crippen molar-refractivity contribution in [1.29, 1.82) is 0 Å². The Kier molecular flexibility index (Phi) is 7.00. The van der Waals surface area contributed by atoms with Crippen LogP contribution in [0, 0.1) is 0 Å². The molecule has 0 aliphatic carbocycles. The standard InChI is InChI=1S/C22H24N4O3/c1-28-18-9-7-16(8-10-18)11-12-23-21-15-24-19(14-25-21)22(27)26-13-17-5-3-4-6-20(17)29-2/h3-10,14-15H,11-13H2,1-2H3,(H,23,25)(H,26,27). The molecule has 0 aliphatic rings. The van der Waals surface area contributed by atoms with Crippen LogP contribution in [0.15, 0.2) is 60.9 Å². The first-order chi connectivity index (χ1) is 14.2. The summed E-state index contributed by atoms with van der Waals surface area (Å²) in [5, 5.41) is 6.04. The molecule has 0 unspecified atom stereocenters. The zero-order valence-corrected chi connectivity index (χ0v) is 16.5. The van der Waals surface area contributed by atoms with Gasteiger partial charge in [0.2, 0.25) is 0 Å². The summed E-state index contributed by atoms with van der Waals surface area (Å²) in [5.74, 6) is 1.91. The van der Waals surface area contributed by atoms with Crippen LogP contribution in [0.25, 0.3) is 0 Å². The number of ether oxygens (including phenoxy) is 2. The quantitative estimate of drug-likeness (QED) is 0.582. The smallest absolute Gasteiger partial charge is 0.271 e. The Labute approximate surface area is 170 Å². The van der Waals surface area contributed by atoms with Gasteiger partial charge in [-0.1, -0.05) is 30.3 Å². The third kappa shape index (κ3) is 5.68. The van der Waals surface area contributed by atoms with Gasteiger partial charge in [-0.2, -0.15) is 0 Å². The molecule has 150 valence electrons. The van der Waals surface area contributed by atoms with E-state index in [1.54, 1.807) is 20.4 Å². The van der Waals surface area contributed by atoms with Crippen molar-refractivity contribution in [3.8, 4) is 11.5 Å². The third-order valence-corrected chi connectivity index (χ3v) is 4.40. The van der Waals surface area contributed by atoms with Crippen molar-refractivity contribution in [2.45, 2.75) is 13.0 Å². The summed E-state index contributed by atoms with van der Waals surface area (Å²) in [6, 6.07) is 15.5. The second kappa shape index (κ2) is 10.1. The van der Waals surface area contributed by atoms with Crippen molar-refractivity contribution >= 4 is 11.7 Å². The molecule has 0 radical (unpaired) electrons. The molecule has 29 heavy (non-hydrogen) atoms. The van der Waals surface area contributed by atoms with Gasteiger partial charge in [-0.25, -0.2) is 9.97 Å². The van der Waals surface area contributed by atoms with Gasteiger partial charge >= 0.3 is 0 Å². The van der Waals surface area contributed by atoms with Gasteiger partial charge in [0.05, 0.1) is 26.6 Å². The molecule has 0 atom stereocenters. The van der Waals surface area contributed by atoms with E-state index >= 15 is 0 Å². The van der Waals surface area contributed by atoms with Crippen LogP contribution in [0.5, 0.6) is 11.5 Å². The van der Waals surface area contributed by atoms with Crippen LogP contribution >= 0.6 is 0 Å². The van der Waals surface area contributed by atoms with Crippen molar-refractivity contribution in [2.75, 3.05) is 26.1 Å². The Bertz CT molecular complexity index is 928. The molecule has 0 fully saturated rings. The van der Waals surface area contributed by atoms with Crippen molar-refractivity contribution < 1.29 is 14.3 Å². The van der Waals surface area contributed by atoms with E-state index in [1.807, 2.05) is 48.5 Å². The Morgan fingerprint density at radius 3 is 2.45 bits per heavy atom. The number of nitrogens with one attached hydrogen (secondary N) is 2. The monoisotopic (exact) mass is 392 g/mol. The van der Waals surface area contributed by atoms with Gasteiger partial charge < -0.3 is 20.1 Å². The lowest BCUT2D eigenvalue weighted by Crippen LogP contribution is -2.24. The van der Waals surface area contributed by atoms with Gasteiger partial charge in [-0.15, -0.1) is 0 Å². The average Bonchev–Trinajstić information content (AvgIpc) is 2.78. The van der Waals surface area contributed by atoms with Gasteiger partial charge in [0.25, 0.3) is 5.91 Å². The molecule has 2 N–H and O–H groups in total. The predicted octanol–water partition coefficient (Wildman–Crippen LogP) is 3.08. The van der Waals surface area contributed by atoms with Crippen LogP contribution < -0.4 is 20.1 Å². The molecule has 7 heteroatoms. The summed E-state index contributed by atoms with van der Waals surface area (Å²) in [6.45, 7) is 1.06. The third-order valence-electron chi connectivity index (χ3n) is 4.40. The molecule has 3 aromatic rings. The number of aromatic nitrogens is 2. The van der Waals surface area contributed by atoms with Gasteiger partial charge in [-0.05, 0) is 30.2 Å². The minimum atomic E-state index is -0.284. The van der Waals surface area contributed by atoms with Gasteiger partial charge in [-0.3, -0.25) is 4.79 Å². The number of hydrogen-bond acceptors (Lipinski definition) is 6. The van der Waals surface area contributed by atoms with E-state index in [2.05, 4.69) is 20.6 Å². The van der Waals surface area contributed by atoms with E-state index in [0.29, 0.717) is 18.9 Å². The van der Waals surface area contributed by atoms with Crippen molar-refractivity contribution in [2.24, 2.45) is 0 Å². The number of amides is 1. The molecule has 1 heterocycles. The highest BCUT2D eigenvalue weighted by Gasteiger charge is 2.09. The summed E-state index contributed by atoms with van der Waals surface area (Å²) in [4.78, 5) is 20.8. The van der Waals surface area contributed by atoms with E-state index in [0.717, 1.165) is 23.5 Å². The van der Waals surface area contributed by atoms with E-state index < -0.39 is 0 Å². The first-order valence-corrected chi connectivity index (χ1v) is 9.28. The van der Waals surface area contributed by atoms with Crippen LogP contribution in [0.2, 0.25) is 0 Å². The second-order valence-corrected chi connectivity index (χ2v) is 6.31. The summed E-state index contributed by atoms with van der Waals surface area (Å²) in [6.07, 6.45) is 3.87. The maximum Gasteiger partial charge on any atom is 0.271 e. The number of nitrogens with zero attached hydrogens (tertiary/aromatic N) is 2. The predicted molar refractivity (Wildman–Crippen MR) is 111 cm³/mol. The Morgan fingerprint density at radius 1 is 0.966 bits per heavy atom. The van der Waals surface area contributed by atoms with Crippen LogP contribution in [0.3, 0.4) is 0 Å². The number of para-hydroxylation sites is 1. The fourth-order valence-corrected chi connectivity index (χ4v) is 2.78. The van der Waals surface area contributed by atoms with Crippen LogP contribution in [-0.4, -0.2) is 36.6 Å². The molecular formula is C22H24N4O3. The van der Waals surface area contributed by atoms with Gasteiger partial charge in [0, 0.05) is 18.7 Å². The highest BCUT2D eigenvalue weighted by Crippen LogP contribution is 2.17. The first-order valence-electron chi connectivity index (χ1n) is 9.28. The highest BCUT2D eigenvalue weighted by atomic mass is 16.5. The fourth-order valence-electron chi connectivity index (χ4n) is 2.78. The molecule has 1 amide bonds. The SMILES string of the molecule is COc1ccc(CCNc2cnc(C(=O)NCc3ccccc3OC)cn2)cc1. The normalized spacial score (nSPS) is 10.3. The summed E-state index contributed by atoms with van der Waals surface area (Å²) in [5.41, 5.74) is 2.35. The number of hydrogen-bond donors (Lipinski definition) is 2. The van der Waals surface area contributed by atoms with E-state index in [9.17, 15) is 4.79 Å².